The summed E-state index contributed by atoms with van der Waals surface area (Å²) < 4.78 is 40.9. The van der Waals surface area contributed by atoms with Crippen LogP contribution in [0, 0.1) is 0 Å². The van der Waals surface area contributed by atoms with Crippen molar-refractivity contribution in [3.63, 3.8) is 0 Å². The van der Waals surface area contributed by atoms with Crippen molar-refractivity contribution < 1.29 is 32.6 Å². The number of β-amino-alcohol motifs (C(OH)–C–C–N with tert-alkyl or cyclic N) is 1. The first-order valence-electron chi connectivity index (χ1n) is 12.8. The van der Waals surface area contributed by atoms with E-state index in [4.69, 9.17) is 0 Å². The number of alkyl halides is 3. The molecule has 4 rings (SSSR count). The number of aliphatic hydroxyl groups excluding tert-OH is 1. The molecule has 3 N–H and O–H groups in total. The number of likely N-dealkylation sites (tertiary alicyclic amines) is 1. The normalized spacial score (nSPS) is 16.3. The first-order chi connectivity index (χ1) is 19.1. The zero-order valence-electron chi connectivity index (χ0n) is 21.9. The average Bonchev–Trinajstić information content (AvgIpc) is 3.33. The molecule has 0 spiro atoms. The first kappa shape index (κ1) is 28.9. The molecule has 1 saturated heterocycles. The fraction of sp³-hybridized carbons (Fsp3) is 0.310. The number of aliphatic hydroxyl groups is 1. The standard InChI is InChI=1S/C29H31F3N4O4/c1-35(26(20-7-3-2-4-8-20)19-36-16-15-23(37)18-36)27(38)17-21-9-5-6-10-25(21)34-28(39)33-22-11-13-24(14-12-22)40-29(30,31)32/h2-14,23,26,37H,15-19H2,1H3,(H2,33,34,39)/t23-,26+/m0/s1. The van der Waals surface area contributed by atoms with Crippen LogP contribution in [0.4, 0.5) is 29.3 Å². The maximum atomic E-state index is 13.5. The lowest BCUT2D eigenvalue weighted by molar-refractivity contribution is -0.274. The zero-order valence-corrected chi connectivity index (χ0v) is 21.9. The van der Waals surface area contributed by atoms with E-state index in [1.54, 1.807) is 36.2 Å². The number of hydrogen-bond acceptors (Lipinski definition) is 5. The van der Waals surface area contributed by atoms with E-state index >= 15 is 0 Å². The molecule has 212 valence electrons. The van der Waals surface area contributed by atoms with Gasteiger partial charge in [0.15, 0.2) is 0 Å². The van der Waals surface area contributed by atoms with Crippen LogP contribution >= 0.6 is 0 Å². The van der Waals surface area contributed by atoms with Crippen LogP contribution in [0.25, 0.3) is 0 Å². The third-order valence-corrected chi connectivity index (χ3v) is 6.68. The Kier molecular flexibility index (Phi) is 9.28. The zero-order chi connectivity index (χ0) is 28.7. The van der Waals surface area contributed by atoms with Crippen molar-refractivity contribution in [1.82, 2.24) is 9.80 Å². The number of carbonyl (C=O) groups is 2. The van der Waals surface area contributed by atoms with E-state index in [1.165, 1.54) is 12.1 Å². The summed E-state index contributed by atoms with van der Waals surface area (Å²) >= 11 is 0. The van der Waals surface area contributed by atoms with E-state index in [0.29, 0.717) is 30.8 Å². The van der Waals surface area contributed by atoms with Gasteiger partial charge in [-0.05, 0) is 47.9 Å². The molecule has 8 nitrogen and oxygen atoms in total. The predicted octanol–water partition coefficient (Wildman–Crippen LogP) is 5.04. The van der Waals surface area contributed by atoms with Crippen LogP contribution in [-0.2, 0) is 11.2 Å². The topological polar surface area (TPSA) is 94.1 Å². The summed E-state index contributed by atoms with van der Waals surface area (Å²) in [6, 6.07) is 20.5. The number of carbonyl (C=O) groups excluding carboxylic acids is 2. The van der Waals surface area contributed by atoms with E-state index in [2.05, 4.69) is 20.3 Å². The van der Waals surface area contributed by atoms with Gasteiger partial charge in [0.1, 0.15) is 5.75 Å². The van der Waals surface area contributed by atoms with Crippen LogP contribution in [-0.4, -0.2) is 66.0 Å². The summed E-state index contributed by atoms with van der Waals surface area (Å²) in [5.74, 6) is -0.551. The molecule has 0 aromatic heterocycles. The Hall–Kier alpha value is -4.09. The van der Waals surface area contributed by atoms with Gasteiger partial charge in [0.05, 0.1) is 18.6 Å². The Morgan fingerprint density at radius 3 is 2.35 bits per heavy atom. The molecule has 0 radical (unpaired) electrons. The molecular formula is C29H31F3N4O4. The largest absolute Gasteiger partial charge is 0.573 e. The summed E-state index contributed by atoms with van der Waals surface area (Å²) in [6.45, 7) is 1.90. The van der Waals surface area contributed by atoms with Gasteiger partial charge in [0.2, 0.25) is 5.91 Å². The summed E-state index contributed by atoms with van der Waals surface area (Å²) in [5, 5.41) is 15.2. The molecule has 3 aromatic carbocycles. The number of rotatable bonds is 9. The molecule has 0 unspecified atom stereocenters. The van der Waals surface area contributed by atoms with Crippen molar-refractivity contribution in [3.05, 3.63) is 90.0 Å². The van der Waals surface area contributed by atoms with Gasteiger partial charge in [0.25, 0.3) is 0 Å². The van der Waals surface area contributed by atoms with Gasteiger partial charge in [-0.3, -0.25) is 9.69 Å². The Bertz CT molecular complexity index is 1290. The Balaban J connectivity index is 1.41. The lowest BCUT2D eigenvalue weighted by atomic mass is 10.0. The summed E-state index contributed by atoms with van der Waals surface area (Å²) in [5.41, 5.74) is 2.28. The van der Waals surface area contributed by atoms with Crippen LogP contribution < -0.4 is 15.4 Å². The third-order valence-electron chi connectivity index (χ3n) is 6.68. The number of nitrogens with zero attached hydrogens (tertiary/aromatic N) is 2. The van der Waals surface area contributed by atoms with E-state index < -0.39 is 18.1 Å². The number of likely N-dealkylation sites (N-methyl/N-ethyl adjacent to an activating group) is 1. The van der Waals surface area contributed by atoms with Crippen LogP contribution in [0.5, 0.6) is 5.75 Å². The van der Waals surface area contributed by atoms with E-state index in [1.807, 2.05) is 30.3 Å². The summed E-state index contributed by atoms with van der Waals surface area (Å²) in [4.78, 5) is 29.9. The molecule has 1 fully saturated rings. The van der Waals surface area contributed by atoms with Crippen molar-refractivity contribution in [1.29, 1.82) is 0 Å². The Morgan fingerprint density at radius 1 is 1.02 bits per heavy atom. The number of hydrogen-bond donors (Lipinski definition) is 3. The smallest absolute Gasteiger partial charge is 0.406 e. The molecule has 3 aromatic rings. The number of halogens is 3. The van der Waals surface area contributed by atoms with E-state index in [0.717, 1.165) is 24.2 Å². The van der Waals surface area contributed by atoms with E-state index in [9.17, 15) is 27.9 Å². The Morgan fingerprint density at radius 2 is 1.70 bits per heavy atom. The fourth-order valence-electron chi connectivity index (χ4n) is 4.63. The van der Waals surface area contributed by atoms with Gasteiger partial charge in [-0.2, -0.15) is 0 Å². The average molecular weight is 557 g/mol. The summed E-state index contributed by atoms with van der Waals surface area (Å²) in [6.07, 6.45) is -4.44. The minimum atomic E-state index is -4.81. The van der Waals surface area contributed by atoms with Crippen molar-refractivity contribution in [2.24, 2.45) is 0 Å². The SMILES string of the molecule is CN(C(=O)Cc1ccccc1NC(=O)Nc1ccc(OC(F)(F)F)cc1)[C@H](CN1CC[C@H](O)C1)c1ccccc1. The quantitative estimate of drug-likeness (QED) is 0.344. The predicted molar refractivity (Wildman–Crippen MR) is 145 cm³/mol. The molecule has 0 saturated carbocycles. The molecule has 0 aliphatic carbocycles. The molecule has 0 bridgehead atoms. The highest BCUT2D eigenvalue weighted by Crippen LogP contribution is 2.26. The number of para-hydroxylation sites is 1. The van der Waals surface area contributed by atoms with Gasteiger partial charge in [-0.1, -0.05) is 48.5 Å². The first-order valence-corrected chi connectivity index (χ1v) is 12.8. The molecule has 1 aliphatic heterocycles. The van der Waals surface area contributed by atoms with Crippen LogP contribution in [0.15, 0.2) is 78.9 Å². The highest BCUT2D eigenvalue weighted by atomic mass is 19.4. The van der Waals surface area contributed by atoms with Crippen molar-refractivity contribution in [2.75, 3.05) is 37.3 Å². The fourth-order valence-corrected chi connectivity index (χ4v) is 4.63. The minimum absolute atomic E-state index is 0.0301. The Labute approximate surface area is 230 Å². The van der Waals surface area contributed by atoms with Gasteiger partial charge in [-0.25, -0.2) is 4.79 Å². The van der Waals surface area contributed by atoms with Crippen molar-refractivity contribution >= 4 is 23.3 Å². The summed E-state index contributed by atoms with van der Waals surface area (Å²) in [7, 11) is 1.75. The van der Waals surface area contributed by atoms with Crippen molar-refractivity contribution in [2.45, 2.75) is 31.3 Å². The number of amides is 3. The van der Waals surface area contributed by atoms with Crippen LogP contribution in [0.2, 0.25) is 0 Å². The van der Waals surface area contributed by atoms with Gasteiger partial charge < -0.3 is 25.4 Å². The number of ether oxygens (including phenoxy) is 1. The molecule has 3 amide bonds. The molecule has 11 heteroatoms. The maximum absolute atomic E-state index is 13.5. The van der Waals surface area contributed by atoms with Crippen LogP contribution in [0.3, 0.4) is 0 Å². The molecule has 40 heavy (non-hydrogen) atoms. The van der Waals surface area contributed by atoms with E-state index in [-0.39, 0.29) is 30.2 Å². The van der Waals surface area contributed by atoms with Crippen molar-refractivity contribution in [3.8, 4) is 5.75 Å². The van der Waals surface area contributed by atoms with Crippen LogP contribution in [0.1, 0.15) is 23.6 Å². The maximum Gasteiger partial charge on any atom is 0.573 e. The monoisotopic (exact) mass is 556 g/mol. The van der Waals surface area contributed by atoms with Gasteiger partial charge in [0, 0.05) is 38.1 Å². The lowest BCUT2D eigenvalue weighted by Gasteiger charge is -2.32. The number of nitrogens with one attached hydrogen (secondary N) is 2. The molecule has 1 heterocycles. The number of benzene rings is 3. The second kappa shape index (κ2) is 12.8. The lowest BCUT2D eigenvalue weighted by Crippen LogP contribution is -2.39. The minimum Gasteiger partial charge on any atom is -0.406 e. The number of anilines is 2. The second-order valence-corrected chi connectivity index (χ2v) is 9.62. The van der Waals surface area contributed by atoms with Gasteiger partial charge >= 0.3 is 12.4 Å². The molecule has 2 atom stereocenters. The highest BCUT2D eigenvalue weighted by Gasteiger charge is 2.31. The third kappa shape index (κ3) is 8.20. The highest BCUT2D eigenvalue weighted by molar-refractivity contribution is 6.00. The molecular weight excluding hydrogens is 525 g/mol. The van der Waals surface area contributed by atoms with Gasteiger partial charge in [-0.15, -0.1) is 13.2 Å². The number of urea groups is 1. The molecule has 1 aliphatic rings. The second-order valence-electron chi connectivity index (χ2n) is 9.62.